The number of aliphatic hydroxyl groups excluding tert-OH is 1. The summed E-state index contributed by atoms with van der Waals surface area (Å²) in [6.45, 7) is 0. The zero-order valence-electron chi connectivity index (χ0n) is 12.9. The molecule has 0 radical (unpaired) electrons. The Bertz CT molecular complexity index is 907. The second kappa shape index (κ2) is 5.94. The number of hydrogen-bond acceptors (Lipinski definition) is 5. The van der Waals surface area contributed by atoms with Gasteiger partial charge in [0.1, 0.15) is 17.3 Å². The van der Waals surface area contributed by atoms with E-state index in [2.05, 4.69) is 5.32 Å². The zero-order valence-corrected chi connectivity index (χ0v) is 12.9. The van der Waals surface area contributed by atoms with Crippen molar-refractivity contribution in [3.05, 3.63) is 58.0 Å². The number of carbonyl (C=O) groups excluding carboxylic acids is 1. The molecule has 1 aromatic heterocycles. The molecule has 1 aliphatic rings. The minimum atomic E-state index is -1.74. The molecule has 132 valence electrons. The first-order valence-corrected chi connectivity index (χ1v) is 7.40. The fourth-order valence-corrected chi connectivity index (χ4v) is 2.62. The highest BCUT2D eigenvalue weighted by molar-refractivity contribution is 6.04. The number of aromatic nitrogens is 1. The van der Waals surface area contributed by atoms with Gasteiger partial charge < -0.3 is 25.8 Å². The predicted molar refractivity (Wildman–Crippen MR) is 84.9 cm³/mol. The summed E-state index contributed by atoms with van der Waals surface area (Å²) in [6, 6.07) is 4.03. The van der Waals surface area contributed by atoms with E-state index in [0.29, 0.717) is 25.0 Å². The van der Waals surface area contributed by atoms with Crippen molar-refractivity contribution in [3.63, 3.8) is 0 Å². The predicted octanol–water partition coefficient (Wildman–Crippen LogP) is 0.761. The lowest BCUT2D eigenvalue weighted by molar-refractivity contribution is -0.0901. The number of nitrogens with zero attached hydrogens (tertiary/aromatic N) is 1. The summed E-state index contributed by atoms with van der Waals surface area (Å²) in [5.41, 5.74) is 2.17. The summed E-state index contributed by atoms with van der Waals surface area (Å²) in [4.78, 5) is 24.6. The molecule has 1 amide bonds. The normalized spacial score (nSPS) is 15.2. The monoisotopic (exact) mass is 351 g/mol. The van der Waals surface area contributed by atoms with E-state index in [4.69, 9.17) is 5.73 Å². The van der Waals surface area contributed by atoms with Gasteiger partial charge >= 0.3 is 0 Å². The van der Waals surface area contributed by atoms with Gasteiger partial charge in [-0.3, -0.25) is 9.59 Å². The Labute approximate surface area is 140 Å². The smallest absolute Gasteiger partial charge is 0.275 e. The van der Waals surface area contributed by atoms with Gasteiger partial charge in [0.15, 0.2) is 6.29 Å². The molecule has 1 aromatic carbocycles. The Kier molecular flexibility index (Phi) is 4.05. The summed E-state index contributed by atoms with van der Waals surface area (Å²) < 4.78 is 28.4. The van der Waals surface area contributed by atoms with E-state index in [1.807, 2.05) is 0 Å². The number of anilines is 2. The lowest BCUT2D eigenvalue weighted by Gasteiger charge is -2.21. The number of pyridine rings is 1. The van der Waals surface area contributed by atoms with Crippen LogP contribution in [-0.2, 0) is 5.54 Å². The van der Waals surface area contributed by atoms with Crippen LogP contribution in [-0.4, -0.2) is 27.0 Å². The van der Waals surface area contributed by atoms with Crippen molar-refractivity contribution in [2.24, 2.45) is 0 Å². The molecule has 0 aliphatic heterocycles. The quantitative estimate of drug-likeness (QED) is 0.479. The standard InChI is InChI=1S/C16H15F2N3O4/c17-9-7-11(19)10(18)6-8(9)13(22)20-12-2-1-5-21(14(12)23)16(3-4-16)15(24)25/h1-2,5-7,15,24-25H,3-4,19H2,(H,20,22). The summed E-state index contributed by atoms with van der Waals surface area (Å²) in [5, 5.41) is 21.1. The first-order chi connectivity index (χ1) is 11.8. The molecule has 7 nitrogen and oxygen atoms in total. The molecular weight excluding hydrogens is 336 g/mol. The fourth-order valence-electron chi connectivity index (χ4n) is 2.62. The van der Waals surface area contributed by atoms with Crippen molar-refractivity contribution in [1.82, 2.24) is 4.57 Å². The van der Waals surface area contributed by atoms with Crippen molar-refractivity contribution in [2.45, 2.75) is 24.7 Å². The molecule has 0 saturated heterocycles. The summed E-state index contributed by atoms with van der Waals surface area (Å²) in [7, 11) is 0. The van der Waals surface area contributed by atoms with Crippen LogP contribution in [0.5, 0.6) is 0 Å². The van der Waals surface area contributed by atoms with Gasteiger partial charge in [-0.1, -0.05) is 0 Å². The van der Waals surface area contributed by atoms with E-state index < -0.39 is 46.2 Å². The largest absolute Gasteiger partial charge is 0.396 e. The molecular formula is C16H15F2N3O4. The van der Waals surface area contributed by atoms with Crippen molar-refractivity contribution < 1.29 is 23.8 Å². The third-order valence-electron chi connectivity index (χ3n) is 4.25. The molecule has 3 rings (SSSR count). The summed E-state index contributed by atoms with van der Waals surface area (Å²) in [5.74, 6) is -3.02. The Morgan fingerprint density at radius 3 is 2.56 bits per heavy atom. The molecule has 0 spiro atoms. The molecule has 9 heteroatoms. The van der Waals surface area contributed by atoms with Gasteiger partial charge in [-0.2, -0.15) is 0 Å². The van der Waals surface area contributed by atoms with Crippen molar-refractivity contribution >= 4 is 17.3 Å². The maximum atomic E-state index is 13.8. The van der Waals surface area contributed by atoms with Crippen LogP contribution in [0.2, 0.25) is 0 Å². The van der Waals surface area contributed by atoms with Gasteiger partial charge in [0, 0.05) is 12.3 Å². The number of halogens is 2. The van der Waals surface area contributed by atoms with Gasteiger partial charge in [0.25, 0.3) is 11.5 Å². The second-order valence-corrected chi connectivity index (χ2v) is 5.88. The Morgan fingerprint density at radius 2 is 1.96 bits per heavy atom. The van der Waals surface area contributed by atoms with Gasteiger partial charge in [-0.15, -0.1) is 0 Å². The van der Waals surface area contributed by atoms with Crippen LogP contribution in [0.3, 0.4) is 0 Å². The lowest BCUT2D eigenvalue weighted by Crippen LogP contribution is -2.39. The highest BCUT2D eigenvalue weighted by atomic mass is 19.1. The van der Waals surface area contributed by atoms with Gasteiger partial charge in [-0.05, 0) is 31.0 Å². The molecule has 1 heterocycles. The number of hydrogen-bond donors (Lipinski definition) is 4. The number of nitrogens with two attached hydrogens (primary N) is 1. The highest BCUT2D eigenvalue weighted by Gasteiger charge is 2.51. The zero-order chi connectivity index (χ0) is 18.4. The molecule has 25 heavy (non-hydrogen) atoms. The molecule has 5 N–H and O–H groups in total. The number of benzene rings is 1. The topological polar surface area (TPSA) is 118 Å². The highest BCUT2D eigenvalue weighted by Crippen LogP contribution is 2.44. The van der Waals surface area contributed by atoms with Crippen molar-refractivity contribution in [3.8, 4) is 0 Å². The maximum Gasteiger partial charge on any atom is 0.275 e. The Hall–Kier alpha value is -2.78. The minimum Gasteiger partial charge on any atom is -0.396 e. The van der Waals surface area contributed by atoms with Gasteiger partial charge in [0.2, 0.25) is 0 Å². The van der Waals surface area contributed by atoms with E-state index in [1.165, 1.54) is 18.3 Å². The average Bonchev–Trinajstić information content (AvgIpc) is 3.34. The van der Waals surface area contributed by atoms with E-state index in [9.17, 15) is 28.6 Å². The molecule has 0 bridgehead atoms. The number of nitrogens with one attached hydrogen (secondary N) is 1. The lowest BCUT2D eigenvalue weighted by atomic mass is 10.1. The fraction of sp³-hybridized carbons (Fsp3) is 0.250. The first-order valence-electron chi connectivity index (χ1n) is 7.40. The van der Waals surface area contributed by atoms with E-state index in [0.717, 1.165) is 4.57 Å². The van der Waals surface area contributed by atoms with Crippen LogP contribution in [0, 0.1) is 11.6 Å². The van der Waals surface area contributed by atoms with E-state index in [1.54, 1.807) is 0 Å². The number of rotatable bonds is 4. The van der Waals surface area contributed by atoms with Crippen LogP contribution in [0.1, 0.15) is 23.2 Å². The molecule has 0 atom stereocenters. The third kappa shape index (κ3) is 2.87. The van der Waals surface area contributed by atoms with Crippen LogP contribution in [0.25, 0.3) is 0 Å². The molecule has 1 aliphatic carbocycles. The molecule has 1 saturated carbocycles. The molecule has 1 fully saturated rings. The van der Waals surface area contributed by atoms with Gasteiger partial charge in [0.05, 0.1) is 16.8 Å². The Morgan fingerprint density at radius 1 is 1.28 bits per heavy atom. The molecule has 2 aromatic rings. The van der Waals surface area contributed by atoms with E-state index in [-0.39, 0.29) is 5.69 Å². The molecule has 0 unspecified atom stereocenters. The third-order valence-corrected chi connectivity index (χ3v) is 4.25. The van der Waals surface area contributed by atoms with Gasteiger partial charge in [-0.25, -0.2) is 8.78 Å². The number of carbonyl (C=O) groups is 1. The Balaban J connectivity index is 1.93. The minimum absolute atomic E-state index is 0.198. The first kappa shape index (κ1) is 17.1. The summed E-state index contributed by atoms with van der Waals surface area (Å²) in [6.07, 6.45) is 0.410. The number of amides is 1. The van der Waals surface area contributed by atoms with Crippen LogP contribution in [0.15, 0.2) is 35.3 Å². The second-order valence-electron chi connectivity index (χ2n) is 5.88. The van der Waals surface area contributed by atoms with Crippen molar-refractivity contribution in [2.75, 3.05) is 11.1 Å². The van der Waals surface area contributed by atoms with Crippen LogP contribution < -0.4 is 16.6 Å². The van der Waals surface area contributed by atoms with Crippen LogP contribution in [0.4, 0.5) is 20.2 Å². The average molecular weight is 351 g/mol. The van der Waals surface area contributed by atoms with Crippen LogP contribution >= 0.6 is 0 Å². The van der Waals surface area contributed by atoms with E-state index >= 15 is 0 Å². The van der Waals surface area contributed by atoms with Crippen molar-refractivity contribution in [1.29, 1.82) is 0 Å². The summed E-state index contributed by atoms with van der Waals surface area (Å²) >= 11 is 0. The number of nitrogen functional groups attached to an aromatic ring is 1. The maximum absolute atomic E-state index is 13.8. The number of aliphatic hydroxyl groups is 2. The SMILES string of the molecule is Nc1cc(F)c(C(=O)Nc2cccn(C3(C(O)O)CC3)c2=O)cc1F.